The molecule has 88 valence electrons. The lowest BCUT2D eigenvalue weighted by Gasteiger charge is -2.06. The number of aromatic nitrogens is 2. The predicted molar refractivity (Wildman–Crippen MR) is 62.8 cm³/mol. The first kappa shape index (κ1) is 11.8. The van der Waals surface area contributed by atoms with Gasteiger partial charge in [-0.05, 0) is 31.4 Å². The maximum atomic E-state index is 13.5. The van der Waals surface area contributed by atoms with Crippen LogP contribution in [0.15, 0.2) is 24.3 Å². The van der Waals surface area contributed by atoms with Crippen molar-refractivity contribution < 1.29 is 14.4 Å². The maximum absolute atomic E-state index is 13.5. The van der Waals surface area contributed by atoms with Crippen LogP contribution in [-0.2, 0) is 0 Å². The van der Waals surface area contributed by atoms with E-state index in [1.807, 2.05) is 0 Å². The molecule has 0 amide bonds. The van der Waals surface area contributed by atoms with E-state index in [2.05, 4.69) is 5.10 Å². The van der Waals surface area contributed by atoms with Gasteiger partial charge in [0.2, 0.25) is 0 Å². The fraction of sp³-hybridized carbons (Fsp3) is 0.182. The van der Waals surface area contributed by atoms with Crippen molar-refractivity contribution in [3.63, 3.8) is 0 Å². The van der Waals surface area contributed by atoms with Crippen molar-refractivity contribution in [3.8, 4) is 5.69 Å². The van der Waals surface area contributed by atoms with Crippen LogP contribution in [0.3, 0.4) is 0 Å². The van der Waals surface area contributed by atoms with E-state index in [1.54, 1.807) is 38.1 Å². The molecule has 2 N–H and O–H groups in total. The molecule has 0 aliphatic rings. The molecule has 17 heavy (non-hydrogen) atoms. The van der Waals surface area contributed by atoms with Crippen molar-refractivity contribution >= 4 is 12.6 Å². The minimum absolute atomic E-state index is 0.317. The zero-order chi connectivity index (χ0) is 12.6. The SMILES string of the molecule is Cc1nn(-c2cccc(B(O)O)c2)c(C)c1F. The lowest BCUT2D eigenvalue weighted by molar-refractivity contribution is 0.425. The average Bonchev–Trinajstić information content (AvgIpc) is 2.57. The summed E-state index contributed by atoms with van der Waals surface area (Å²) in [5.41, 5.74) is 1.65. The van der Waals surface area contributed by atoms with E-state index in [1.165, 1.54) is 4.68 Å². The van der Waals surface area contributed by atoms with Gasteiger partial charge in [-0.25, -0.2) is 9.07 Å². The highest BCUT2D eigenvalue weighted by molar-refractivity contribution is 6.58. The van der Waals surface area contributed by atoms with Gasteiger partial charge in [0, 0.05) is 0 Å². The molecule has 0 unspecified atom stereocenters. The van der Waals surface area contributed by atoms with Crippen LogP contribution in [0.25, 0.3) is 5.69 Å². The predicted octanol–water partition coefficient (Wildman–Crippen LogP) is 0.308. The second-order valence-corrected chi connectivity index (χ2v) is 3.87. The number of hydrogen-bond donors (Lipinski definition) is 2. The summed E-state index contributed by atoms with van der Waals surface area (Å²) in [6, 6.07) is 6.53. The highest BCUT2D eigenvalue weighted by Gasteiger charge is 2.15. The second-order valence-electron chi connectivity index (χ2n) is 3.87. The monoisotopic (exact) mass is 234 g/mol. The first-order valence-corrected chi connectivity index (χ1v) is 5.19. The van der Waals surface area contributed by atoms with Crippen molar-refractivity contribution in [1.82, 2.24) is 9.78 Å². The zero-order valence-electron chi connectivity index (χ0n) is 9.55. The summed E-state index contributed by atoms with van der Waals surface area (Å²) in [6.45, 7) is 3.21. The molecule has 1 aromatic heterocycles. The van der Waals surface area contributed by atoms with Crippen molar-refractivity contribution in [2.24, 2.45) is 0 Å². The fourth-order valence-electron chi connectivity index (χ4n) is 1.69. The maximum Gasteiger partial charge on any atom is 0.488 e. The highest BCUT2D eigenvalue weighted by Crippen LogP contribution is 2.15. The molecule has 0 spiro atoms. The Hall–Kier alpha value is -1.66. The second kappa shape index (κ2) is 4.31. The smallest absolute Gasteiger partial charge is 0.423 e. The van der Waals surface area contributed by atoms with Gasteiger partial charge in [0.05, 0.1) is 17.1 Å². The van der Waals surface area contributed by atoms with Crippen molar-refractivity contribution in [1.29, 1.82) is 0 Å². The molecule has 0 atom stereocenters. The lowest BCUT2D eigenvalue weighted by Crippen LogP contribution is -2.30. The Morgan fingerprint density at radius 3 is 2.53 bits per heavy atom. The standard InChI is InChI=1S/C11H12BFN2O2/c1-7-11(13)8(2)15(14-7)10-5-3-4-9(6-10)12(16)17/h3-6,16-17H,1-2H3. The Morgan fingerprint density at radius 1 is 1.29 bits per heavy atom. The molecule has 2 aromatic rings. The van der Waals surface area contributed by atoms with E-state index in [4.69, 9.17) is 10.0 Å². The number of aryl methyl sites for hydroxylation is 1. The molecule has 6 heteroatoms. The topological polar surface area (TPSA) is 58.3 Å². The Morgan fingerprint density at radius 2 is 2.00 bits per heavy atom. The number of hydrogen-bond acceptors (Lipinski definition) is 3. The summed E-state index contributed by atoms with van der Waals surface area (Å²) in [5.74, 6) is -0.347. The van der Waals surface area contributed by atoms with E-state index in [0.717, 1.165) is 0 Å². The van der Waals surface area contributed by atoms with Crippen LogP contribution in [0, 0.1) is 19.7 Å². The Balaban J connectivity index is 2.53. The average molecular weight is 234 g/mol. The highest BCUT2D eigenvalue weighted by atomic mass is 19.1. The summed E-state index contributed by atoms with van der Waals surface area (Å²) in [5, 5.41) is 22.2. The van der Waals surface area contributed by atoms with Crippen LogP contribution in [-0.4, -0.2) is 26.9 Å². The van der Waals surface area contributed by atoms with Crippen LogP contribution >= 0.6 is 0 Å². The molecule has 0 bridgehead atoms. The number of halogens is 1. The largest absolute Gasteiger partial charge is 0.488 e. The Bertz CT molecular complexity index is 554. The third-order valence-electron chi connectivity index (χ3n) is 2.62. The van der Waals surface area contributed by atoms with Gasteiger partial charge in [-0.3, -0.25) is 0 Å². The normalized spacial score (nSPS) is 10.6. The molecule has 0 fully saturated rings. The zero-order valence-corrected chi connectivity index (χ0v) is 9.55. The van der Waals surface area contributed by atoms with Gasteiger partial charge in [0.25, 0.3) is 0 Å². The summed E-state index contributed by atoms with van der Waals surface area (Å²) < 4.78 is 15.0. The van der Waals surface area contributed by atoms with Crippen LogP contribution in [0.4, 0.5) is 4.39 Å². The first-order chi connectivity index (χ1) is 8.00. The van der Waals surface area contributed by atoms with Gasteiger partial charge in [-0.1, -0.05) is 12.1 Å². The molecule has 0 radical (unpaired) electrons. The summed E-state index contributed by atoms with van der Waals surface area (Å²) in [4.78, 5) is 0. The van der Waals surface area contributed by atoms with Gasteiger partial charge in [0.15, 0.2) is 5.82 Å². The molecular weight excluding hydrogens is 222 g/mol. The third kappa shape index (κ3) is 2.09. The van der Waals surface area contributed by atoms with Crippen LogP contribution in [0.1, 0.15) is 11.4 Å². The quantitative estimate of drug-likeness (QED) is 0.735. The van der Waals surface area contributed by atoms with Crippen molar-refractivity contribution in [2.45, 2.75) is 13.8 Å². The van der Waals surface area contributed by atoms with E-state index < -0.39 is 7.12 Å². The van der Waals surface area contributed by atoms with Crippen molar-refractivity contribution in [2.75, 3.05) is 0 Å². The molecule has 0 aliphatic heterocycles. The van der Waals surface area contributed by atoms with E-state index in [9.17, 15) is 4.39 Å². The minimum Gasteiger partial charge on any atom is -0.423 e. The number of rotatable bonds is 2. The van der Waals surface area contributed by atoms with Gasteiger partial charge in [-0.15, -0.1) is 0 Å². The van der Waals surface area contributed by atoms with Crippen LogP contribution in [0.5, 0.6) is 0 Å². The summed E-state index contributed by atoms with van der Waals surface area (Å²) >= 11 is 0. The van der Waals surface area contributed by atoms with Crippen molar-refractivity contribution in [3.05, 3.63) is 41.5 Å². The molecule has 2 rings (SSSR count). The van der Waals surface area contributed by atoms with E-state index in [0.29, 0.717) is 22.5 Å². The fourth-order valence-corrected chi connectivity index (χ4v) is 1.69. The molecule has 1 aromatic carbocycles. The van der Waals surface area contributed by atoms with Gasteiger partial charge >= 0.3 is 7.12 Å². The van der Waals surface area contributed by atoms with Gasteiger partial charge in [0.1, 0.15) is 0 Å². The molecule has 0 saturated carbocycles. The summed E-state index contributed by atoms with van der Waals surface area (Å²) in [7, 11) is -1.54. The third-order valence-corrected chi connectivity index (χ3v) is 2.62. The van der Waals surface area contributed by atoms with Crippen LogP contribution in [0.2, 0.25) is 0 Å². The Kier molecular flexibility index (Phi) is 3.00. The van der Waals surface area contributed by atoms with Crippen LogP contribution < -0.4 is 5.46 Å². The molecule has 0 aliphatic carbocycles. The lowest BCUT2D eigenvalue weighted by atomic mass is 9.80. The molecule has 1 heterocycles. The molecular formula is C11H12BFN2O2. The number of benzene rings is 1. The molecule has 0 saturated heterocycles. The number of nitrogens with zero attached hydrogens (tertiary/aromatic N) is 2. The van der Waals surface area contributed by atoms with E-state index >= 15 is 0 Å². The van der Waals surface area contributed by atoms with Gasteiger partial charge in [-0.2, -0.15) is 5.10 Å². The van der Waals surface area contributed by atoms with E-state index in [-0.39, 0.29) is 5.82 Å². The minimum atomic E-state index is -1.54. The molecule has 4 nitrogen and oxygen atoms in total. The Labute approximate surface area is 98.5 Å². The van der Waals surface area contributed by atoms with Gasteiger partial charge < -0.3 is 10.0 Å². The first-order valence-electron chi connectivity index (χ1n) is 5.19. The summed E-state index contributed by atoms with van der Waals surface area (Å²) in [6.07, 6.45) is 0.